The van der Waals surface area contributed by atoms with Gasteiger partial charge in [0.1, 0.15) is 0 Å². The molecule has 0 amide bonds. The highest BCUT2D eigenvalue weighted by Gasteiger charge is 2.08. The van der Waals surface area contributed by atoms with E-state index in [-0.39, 0.29) is 5.56 Å². The number of aromatic nitrogens is 2. The third-order valence-corrected chi connectivity index (χ3v) is 2.39. The summed E-state index contributed by atoms with van der Waals surface area (Å²) in [6.45, 7) is 7.01. The van der Waals surface area contributed by atoms with Crippen LogP contribution in [-0.2, 0) is 0 Å². The lowest BCUT2D eigenvalue weighted by Crippen LogP contribution is -2.35. The predicted molar refractivity (Wildman–Crippen MR) is 65.2 cm³/mol. The summed E-state index contributed by atoms with van der Waals surface area (Å²) < 4.78 is 2.28. The van der Waals surface area contributed by atoms with E-state index in [4.69, 9.17) is 0 Å². The van der Waals surface area contributed by atoms with E-state index in [1.54, 1.807) is 24.3 Å². The number of fused-ring (bicyclic) bond motifs is 1. The molecule has 0 radical (unpaired) electrons. The SMILES string of the molecule is C=Cn1c(=O)c2ccccc2n(C=C)c1=O. The lowest BCUT2D eigenvalue weighted by Gasteiger charge is -2.07. The number of benzene rings is 1. The summed E-state index contributed by atoms with van der Waals surface area (Å²) in [6, 6.07) is 6.87. The third-order valence-electron chi connectivity index (χ3n) is 2.39. The van der Waals surface area contributed by atoms with E-state index < -0.39 is 5.69 Å². The topological polar surface area (TPSA) is 44.0 Å². The number of rotatable bonds is 2. The van der Waals surface area contributed by atoms with Crippen LogP contribution in [0.5, 0.6) is 0 Å². The summed E-state index contributed by atoms with van der Waals surface area (Å²) in [5, 5.41) is 0.460. The molecule has 0 unspecified atom stereocenters. The molecule has 0 aliphatic heterocycles. The predicted octanol–water partition coefficient (Wildman–Crippen LogP) is 1.36. The molecule has 0 bridgehead atoms. The minimum Gasteiger partial charge on any atom is -0.269 e. The van der Waals surface area contributed by atoms with Crippen LogP contribution in [0.4, 0.5) is 0 Å². The van der Waals surface area contributed by atoms with Gasteiger partial charge in [0, 0.05) is 12.4 Å². The first kappa shape index (κ1) is 10.2. The highest BCUT2D eigenvalue weighted by molar-refractivity contribution is 5.79. The van der Waals surface area contributed by atoms with Crippen LogP contribution in [0.25, 0.3) is 23.3 Å². The summed E-state index contributed by atoms with van der Waals surface area (Å²) >= 11 is 0. The maximum Gasteiger partial charge on any atom is 0.339 e. The van der Waals surface area contributed by atoms with E-state index in [1.165, 1.54) is 17.0 Å². The zero-order valence-electron chi connectivity index (χ0n) is 8.59. The maximum absolute atomic E-state index is 11.9. The third kappa shape index (κ3) is 1.24. The molecule has 0 spiro atoms. The molecule has 1 aromatic carbocycles. The molecule has 80 valence electrons. The van der Waals surface area contributed by atoms with Crippen LogP contribution in [0, 0.1) is 0 Å². The molecule has 1 aromatic heterocycles. The molecule has 0 aliphatic rings. The summed E-state index contributed by atoms with van der Waals surface area (Å²) in [5.74, 6) is 0. The van der Waals surface area contributed by atoms with Gasteiger partial charge in [-0.25, -0.2) is 9.36 Å². The van der Waals surface area contributed by atoms with Gasteiger partial charge in [0.05, 0.1) is 10.9 Å². The average molecular weight is 214 g/mol. The molecule has 0 aliphatic carbocycles. The van der Waals surface area contributed by atoms with Gasteiger partial charge < -0.3 is 0 Å². The van der Waals surface area contributed by atoms with E-state index in [0.717, 1.165) is 4.57 Å². The van der Waals surface area contributed by atoms with Crippen molar-refractivity contribution in [3.8, 4) is 0 Å². The zero-order valence-corrected chi connectivity index (χ0v) is 8.59. The Morgan fingerprint density at radius 2 is 1.62 bits per heavy atom. The summed E-state index contributed by atoms with van der Waals surface area (Å²) in [5.41, 5.74) is -0.284. The van der Waals surface area contributed by atoms with Crippen LogP contribution in [0.2, 0.25) is 0 Å². The lowest BCUT2D eigenvalue weighted by atomic mass is 10.2. The van der Waals surface area contributed by atoms with Gasteiger partial charge in [0.25, 0.3) is 5.56 Å². The second-order valence-electron chi connectivity index (χ2n) is 3.21. The summed E-state index contributed by atoms with van der Waals surface area (Å²) in [4.78, 5) is 23.7. The van der Waals surface area contributed by atoms with Crippen molar-refractivity contribution in [2.75, 3.05) is 0 Å². The van der Waals surface area contributed by atoms with Gasteiger partial charge >= 0.3 is 5.69 Å². The number of para-hydroxylation sites is 1. The standard InChI is InChI=1S/C12H10N2O2/c1-3-13-10-8-6-5-7-9(10)11(15)14(4-2)12(13)16/h3-8H,1-2H2. The highest BCUT2D eigenvalue weighted by atomic mass is 16.2. The molecule has 0 N–H and O–H groups in total. The summed E-state index contributed by atoms with van der Waals surface area (Å²) in [7, 11) is 0. The van der Waals surface area contributed by atoms with Crippen LogP contribution in [0.3, 0.4) is 0 Å². The molecular weight excluding hydrogens is 204 g/mol. The fourth-order valence-corrected chi connectivity index (χ4v) is 1.64. The van der Waals surface area contributed by atoms with Crippen molar-refractivity contribution in [2.45, 2.75) is 0 Å². The van der Waals surface area contributed by atoms with Gasteiger partial charge in [-0.15, -0.1) is 0 Å². The van der Waals surface area contributed by atoms with E-state index in [9.17, 15) is 9.59 Å². The van der Waals surface area contributed by atoms with Gasteiger partial charge in [-0.05, 0) is 12.1 Å². The van der Waals surface area contributed by atoms with Crippen molar-refractivity contribution in [1.29, 1.82) is 0 Å². The first-order valence-electron chi connectivity index (χ1n) is 4.71. The van der Waals surface area contributed by atoms with Gasteiger partial charge in [-0.2, -0.15) is 0 Å². The van der Waals surface area contributed by atoms with E-state index in [2.05, 4.69) is 13.2 Å². The first-order valence-corrected chi connectivity index (χ1v) is 4.71. The Kier molecular flexibility index (Phi) is 2.32. The normalized spacial score (nSPS) is 10.2. The van der Waals surface area contributed by atoms with E-state index in [0.29, 0.717) is 10.9 Å². The molecule has 0 saturated carbocycles. The van der Waals surface area contributed by atoms with Crippen molar-refractivity contribution in [3.05, 3.63) is 58.3 Å². The fourth-order valence-electron chi connectivity index (χ4n) is 1.64. The van der Waals surface area contributed by atoms with Gasteiger partial charge in [0.15, 0.2) is 0 Å². The minimum absolute atomic E-state index is 0.367. The first-order chi connectivity index (χ1) is 7.70. The van der Waals surface area contributed by atoms with E-state index >= 15 is 0 Å². The molecule has 2 aromatic rings. The Morgan fingerprint density at radius 3 is 2.25 bits per heavy atom. The molecule has 0 atom stereocenters. The van der Waals surface area contributed by atoms with Crippen molar-refractivity contribution in [1.82, 2.24) is 9.13 Å². The monoisotopic (exact) mass is 214 g/mol. The second kappa shape index (κ2) is 3.66. The summed E-state index contributed by atoms with van der Waals surface area (Å²) in [6.07, 6.45) is 2.58. The Bertz CT molecular complexity index is 692. The molecular formula is C12H10N2O2. The zero-order chi connectivity index (χ0) is 11.7. The second-order valence-corrected chi connectivity index (χ2v) is 3.21. The van der Waals surface area contributed by atoms with Crippen LogP contribution in [0.1, 0.15) is 0 Å². The largest absolute Gasteiger partial charge is 0.339 e. The van der Waals surface area contributed by atoms with Gasteiger partial charge in [0.2, 0.25) is 0 Å². The maximum atomic E-state index is 11.9. The van der Waals surface area contributed by atoms with Crippen LogP contribution in [-0.4, -0.2) is 9.13 Å². The number of hydrogen-bond acceptors (Lipinski definition) is 2. The van der Waals surface area contributed by atoms with Gasteiger partial charge in [-0.3, -0.25) is 9.36 Å². The Morgan fingerprint density at radius 1 is 1.00 bits per heavy atom. The Labute approximate surface area is 91.4 Å². The van der Waals surface area contributed by atoms with Gasteiger partial charge in [-0.1, -0.05) is 25.3 Å². The van der Waals surface area contributed by atoms with Crippen LogP contribution in [0.15, 0.2) is 47.0 Å². The smallest absolute Gasteiger partial charge is 0.269 e. The fraction of sp³-hybridized carbons (Fsp3) is 0. The van der Waals surface area contributed by atoms with Crippen molar-refractivity contribution in [3.63, 3.8) is 0 Å². The van der Waals surface area contributed by atoms with E-state index in [1.807, 2.05) is 0 Å². The van der Waals surface area contributed by atoms with Crippen LogP contribution >= 0.6 is 0 Å². The minimum atomic E-state index is -0.464. The molecule has 16 heavy (non-hydrogen) atoms. The number of hydrogen-bond donors (Lipinski definition) is 0. The van der Waals surface area contributed by atoms with Crippen molar-refractivity contribution in [2.24, 2.45) is 0 Å². The van der Waals surface area contributed by atoms with Crippen molar-refractivity contribution < 1.29 is 0 Å². The molecule has 1 heterocycles. The molecule has 2 rings (SSSR count). The molecule has 4 nitrogen and oxygen atoms in total. The average Bonchev–Trinajstić information content (AvgIpc) is 2.30. The molecule has 0 fully saturated rings. The number of nitrogens with zero attached hydrogens (tertiary/aromatic N) is 2. The quantitative estimate of drug-likeness (QED) is 0.757. The molecule has 0 saturated heterocycles. The molecule has 4 heteroatoms. The van der Waals surface area contributed by atoms with Crippen molar-refractivity contribution >= 4 is 23.3 Å². The highest BCUT2D eigenvalue weighted by Crippen LogP contribution is 2.06. The Hall–Kier alpha value is -2.36. The van der Waals surface area contributed by atoms with Crippen LogP contribution < -0.4 is 11.2 Å². The Balaban J connectivity index is 3.19. The lowest BCUT2D eigenvalue weighted by molar-refractivity contribution is 0.896.